The lowest BCUT2D eigenvalue weighted by molar-refractivity contribution is -0.126. The van der Waals surface area contributed by atoms with Gasteiger partial charge in [-0.2, -0.15) is 5.26 Å². The van der Waals surface area contributed by atoms with Crippen LogP contribution in [0.3, 0.4) is 0 Å². The molecule has 0 spiro atoms. The Hall–Kier alpha value is -1.00. The summed E-state index contributed by atoms with van der Waals surface area (Å²) in [4.78, 5) is 11.8. The number of benzene rings is 1. The van der Waals surface area contributed by atoms with Crippen molar-refractivity contribution < 1.29 is 9.53 Å². The SMILES string of the molecule is COc1cc(I)c(Cl)cc1CNC(=O)C(C)(C)C#N. The van der Waals surface area contributed by atoms with Gasteiger partial charge >= 0.3 is 0 Å². The highest BCUT2D eigenvalue weighted by atomic mass is 127. The number of amides is 1. The van der Waals surface area contributed by atoms with Crippen molar-refractivity contribution in [3.05, 3.63) is 26.3 Å². The Morgan fingerprint density at radius 2 is 2.21 bits per heavy atom. The number of methoxy groups -OCH3 is 1. The zero-order chi connectivity index (χ0) is 14.6. The van der Waals surface area contributed by atoms with Crippen LogP contribution in [0.15, 0.2) is 12.1 Å². The Balaban J connectivity index is 2.87. The topological polar surface area (TPSA) is 62.1 Å². The fourth-order valence-electron chi connectivity index (χ4n) is 1.35. The maximum atomic E-state index is 11.8. The van der Waals surface area contributed by atoms with Gasteiger partial charge in [0.25, 0.3) is 0 Å². The molecule has 0 aliphatic rings. The van der Waals surface area contributed by atoms with Gasteiger partial charge in [-0.15, -0.1) is 0 Å². The second-order valence-electron chi connectivity index (χ2n) is 4.50. The lowest BCUT2D eigenvalue weighted by atomic mass is 9.94. The molecular weight excluding hydrogens is 379 g/mol. The van der Waals surface area contributed by atoms with E-state index in [1.54, 1.807) is 33.1 Å². The molecule has 1 rings (SSSR count). The number of nitriles is 1. The van der Waals surface area contributed by atoms with Crippen molar-refractivity contribution in [2.45, 2.75) is 20.4 Å². The average Bonchev–Trinajstić information content (AvgIpc) is 2.38. The largest absolute Gasteiger partial charge is 0.496 e. The maximum Gasteiger partial charge on any atom is 0.240 e. The predicted molar refractivity (Wildman–Crippen MR) is 82.0 cm³/mol. The van der Waals surface area contributed by atoms with Crippen LogP contribution < -0.4 is 10.1 Å². The van der Waals surface area contributed by atoms with Gasteiger partial charge < -0.3 is 10.1 Å². The van der Waals surface area contributed by atoms with E-state index in [1.165, 1.54) is 0 Å². The highest BCUT2D eigenvalue weighted by Crippen LogP contribution is 2.28. The van der Waals surface area contributed by atoms with Crippen LogP contribution in [0.25, 0.3) is 0 Å². The summed E-state index contributed by atoms with van der Waals surface area (Å²) in [5.74, 6) is 0.329. The van der Waals surface area contributed by atoms with Crippen LogP contribution in [0.1, 0.15) is 19.4 Å². The molecule has 0 fully saturated rings. The van der Waals surface area contributed by atoms with Crippen molar-refractivity contribution in [1.82, 2.24) is 5.32 Å². The molecule has 6 heteroatoms. The molecule has 1 aromatic rings. The number of carbonyl (C=O) groups excluding carboxylic acids is 1. The first kappa shape index (κ1) is 16.1. The zero-order valence-corrected chi connectivity index (χ0v) is 13.8. The molecular formula is C13H14ClIN2O2. The predicted octanol–water partition coefficient (Wildman–Crippen LogP) is 3.12. The summed E-state index contributed by atoms with van der Waals surface area (Å²) in [7, 11) is 1.56. The summed E-state index contributed by atoms with van der Waals surface area (Å²) in [6.07, 6.45) is 0. The van der Waals surface area contributed by atoms with Gasteiger partial charge in [-0.1, -0.05) is 11.6 Å². The quantitative estimate of drug-likeness (QED) is 0.801. The standard InChI is InChI=1S/C13H14ClIN2O2/c1-13(2,7-16)12(18)17-6-8-4-9(14)10(15)5-11(8)19-3/h4-5H,6H2,1-3H3,(H,17,18). The van der Waals surface area contributed by atoms with Crippen molar-refractivity contribution in [3.63, 3.8) is 0 Å². The van der Waals surface area contributed by atoms with Crippen LogP contribution in [0, 0.1) is 20.3 Å². The van der Waals surface area contributed by atoms with Crippen LogP contribution in [-0.2, 0) is 11.3 Å². The number of nitrogens with zero attached hydrogens (tertiary/aromatic N) is 1. The molecule has 0 bridgehead atoms. The summed E-state index contributed by atoms with van der Waals surface area (Å²) in [6, 6.07) is 5.51. The highest BCUT2D eigenvalue weighted by Gasteiger charge is 2.27. The molecule has 0 unspecified atom stereocenters. The van der Waals surface area contributed by atoms with Crippen LogP contribution in [-0.4, -0.2) is 13.0 Å². The van der Waals surface area contributed by atoms with Crippen LogP contribution in [0.4, 0.5) is 0 Å². The molecule has 0 radical (unpaired) electrons. The maximum absolute atomic E-state index is 11.8. The Kier molecular flexibility index (Phi) is 5.44. The number of hydrogen-bond donors (Lipinski definition) is 1. The van der Waals surface area contributed by atoms with Crippen molar-refractivity contribution in [1.29, 1.82) is 5.26 Å². The molecule has 0 aliphatic heterocycles. The van der Waals surface area contributed by atoms with Gasteiger partial charge in [-0.3, -0.25) is 4.79 Å². The van der Waals surface area contributed by atoms with E-state index in [4.69, 9.17) is 21.6 Å². The van der Waals surface area contributed by atoms with Gasteiger partial charge in [0.2, 0.25) is 5.91 Å². The molecule has 0 heterocycles. The van der Waals surface area contributed by atoms with Crippen molar-refractivity contribution >= 4 is 40.1 Å². The lowest BCUT2D eigenvalue weighted by Crippen LogP contribution is -2.35. The summed E-state index contributed by atoms with van der Waals surface area (Å²) < 4.78 is 6.12. The minimum atomic E-state index is -1.06. The van der Waals surface area contributed by atoms with E-state index in [1.807, 2.05) is 6.07 Å². The first-order valence-electron chi connectivity index (χ1n) is 5.53. The monoisotopic (exact) mass is 392 g/mol. The van der Waals surface area contributed by atoms with E-state index in [-0.39, 0.29) is 12.5 Å². The molecule has 1 aromatic carbocycles. The molecule has 102 valence electrons. The fourth-order valence-corrected chi connectivity index (χ4v) is 1.97. The number of ether oxygens (including phenoxy) is 1. The smallest absolute Gasteiger partial charge is 0.240 e. The number of nitrogens with one attached hydrogen (secondary N) is 1. The normalized spacial score (nSPS) is 10.7. The molecule has 0 saturated carbocycles. The Morgan fingerprint density at radius 3 is 2.74 bits per heavy atom. The first-order chi connectivity index (χ1) is 8.81. The Morgan fingerprint density at radius 1 is 1.58 bits per heavy atom. The van der Waals surface area contributed by atoms with E-state index < -0.39 is 5.41 Å². The van der Waals surface area contributed by atoms with E-state index in [2.05, 4.69) is 27.9 Å². The molecule has 19 heavy (non-hydrogen) atoms. The highest BCUT2D eigenvalue weighted by molar-refractivity contribution is 14.1. The third kappa shape index (κ3) is 3.98. The Bertz CT molecular complexity index is 538. The van der Waals surface area contributed by atoms with Crippen LogP contribution in [0.5, 0.6) is 5.75 Å². The summed E-state index contributed by atoms with van der Waals surface area (Å²) in [6.45, 7) is 3.41. The van der Waals surface area contributed by atoms with Gasteiger partial charge in [0.05, 0.1) is 18.2 Å². The van der Waals surface area contributed by atoms with Crippen molar-refractivity contribution in [2.24, 2.45) is 5.41 Å². The minimum Gasteiger partial charge on any atom is -0.496 e. The number of hydrogen-bond acceptors (Lipinski definition) is 3. The number of halogens is 2. The Labute approximate surface area is 131 Å². The molecule has 1 amide bonds. The van der Waals surface area contributed by atoms with Crippen LogP contribution >= 0.6 is 34.2 Å². The van der Waals surface area contributed by atoms with Gasteiger partial charge in [0, 0.05) is 15.7 Å². The van der Waals surface area contributed by atoms with Gasteiger partial charge in [-0.05, 0) is 48.6 Å². The fraction of sp³-hybridized carbons (Fsp3) is 0.385. The average molecular weight is 393 g/mol. The molecule has 0 saturated heterocycles. The lowest BCUT2D eigenvalue weighted by Gasteiger charge is -2.16. The summed E-state index contributed by atoms with van der Waals surface area (Å²) in [5.41, 5.74) is -0.282. The van der Waals surface area contributed by atoms with Crippen molar-refractivity contribution in [3.8, 4) is 11.8 Å². The molecule has 4 nitrogen and oxygen atoms in total. The van der Waals surface area contributed by atoms with E-state index >= 15 is 0 Å². The first-order valence-corrected chi connectivity index (χ1v) is 6.99. The number of carbonyl (C=O) groups is 1. The zero-order valence-electron chi connectivity index (χ0n) is 10.9. The minimum absolute atomic E-state index is 0.268. The van der Waals surface area contributed by atoms with Gasteiger partial charge in [-0.25, -0.2) is 0 Å². The van der Waals surface area contributed by atoms with E-state index in [9.17, 15) is 4.79 Å². The van der Waals surface area contributed by atoms with Crippen molar-refractivity contribution in [2.75, 3.05) is 7.11 Å². The third-order valence-electron chi connectivity index (χ3n) is 2.61. The molecule has 1 N–H and O–H groups in total. The summed E-state index contributed by atoms with van der Waals surface area (Å²) in [5, 5.41) is 12.2. The van der Waals surface area contributed by atoms with Gasteiger partial charge in [0.1, 0.15) is 11.2 Å². The van der Waals surface area contributed by atoms with E-state index in [0.717, 1.165) is 9.13 Å². The second kappa shape index (κ2) is 6.44. The summed E-state index contributed by atoms with van der Waals surface area (Å²) >= 11 is 8.16. The molecule has 0 atom stereocenters. The van der Waals surface area contributed by atoms with E-state index in [0.29, 0.717) is 10.8 Å². The second-order valence-corrected chi connectivity index (χ2v) is 6.07. The third-order valence-corrected chi connectivity index (χ3v) is 4.13. The number of rotatable bonds is 4. The molecule has 0 aliphatic carbocycles. The van der Waals surface area contributed by atoms with Crippen LogP contribution in [0.2, 0.25) is 5.02 Å². The molecule has 0 aromatic heterocycles. The van der Waals surface area contributed by atoms with Gasteiger partial charge in [0.15, 0.2) is 0 Å².